The minimum atomic E-state index is -5.01. The van der Waals surface area contributed by atoms with E-state index in [0.29, 0.717) is 30.8 Å². The van der Waals surface area contributed by atoms with Gasteiger partial charge in [-0.15, -0.1) is 0 Å². The van der Waals surface area contributed by atoms with Gasteiger partial charge < -0.3 is 15.0 Å². The van der Waals surface area contributed by atoms with Gasteiger partial charge in [-0.1, -0.05) is 25.3 Å². The molecule has 5 rings (SSSR count). The molecule has 3 N–H and O–H groups in total. The number of amides is 1. The highest BCUT2D eigenvalue weighted by molar-refractivity contribution is 7.89. The fraction of sp³-hybridized carbons (Fsp3) is 0.552. The Morgan fingerprint density at radius 2 is 1.81 bits per heavy atom. The summed E-state index contributed by atoms with van der Waals surface area (Å²) in [5, 5.41) is 21.3. The standard InChI is InChI=1S/C29H33F3N4O5S/c1-17-22(26(37)34-21-11-20(12-21)27(38)39)14-24(36(17)15-18-5-3-2-4-6-18)19-7-8-25(23(13-19)29(30,31)32)42(40,41)35-28(16-33)9-10-28/h7-8,13-14,18,20-21,35H,2-6,9-12,15H2,1H3,(H,34,37)(H,38,39)/t20-,21-. The Kier molecular flexibility index (Phi) is 7.91. The highest BCUT2D eigenvalue weighted by atomic mass is 32.2. The number of aromatic nitrogens is 1. The summed E-state index contributed by atoms with van der Waals surface area (Å²) in [5.41, 5.74) is -1.44. The van der Waals surface area contributed by atoms with Gasteiger partial charge in [0.1, 0.15) is 5.54 Å². The van der Waals surface area contributed by atoms with Gasteiger partial charge in [0.2, 0.25) is 10.0 Å². The summed E-state index contributed by atoms with van der Waals surface area (Å²) >= 11 is 0. The third kappa shape index (κ3) is 6.06. The molecule has 0 atom stereocenters. The summed E-state index contributed by atoms with van der Waals surface area (Å²) in [5.74, 6) is -1.60. The van der Waals surface area contributed by atoms with Gasteiger partial charge in [0.25, 0.3) is 5.91 Å². The Morgan fingerprint density at radius 3 is 2.38 bits per heavy atom. The third-order valence-corrected chi connectivity index (χ3v) is 10.4. The number of benzene rings is 1. The van der Waals surface area contributed by atoms with Gasteiger partial charge in [0.05, 0.1) is 28.0 Å². The number of nitrogens with zero attached hydrogens (tertiary/aromatic N) is 2. The maximum absolute atomic E-state index is 14.3. The van der Waals surface area contributed by atoms with E-state index in [2.05, 4.69) is 10.0 Å². The zero-order valence-electron chi connectivity index (χ0n) is 23.1. The smallest absolute Gasteiger partial charge is 0.417 e. The van der Waals surface area contributed by atoms with Crippen LogP contribution in [0.2, 0.25) is 0 Å². The number of aliphatic carboxylic acids is 1. The first kappa shape index (κ1) is 30.1. The third-order valence-electron chi connectivity index (χ3n) is 8.76. The van der Waals surface area contributed by atoms with E-state index in [0.717, 1.165) is 44.2 Å². The molecule has 1 amide bonds. The molecule has 226 valence electrons. The molecule has 3 aliphatic rings. The fourth-order valence-corrected chi connectivity index (χ4v) is 7.58. The molecule has 0 aliphatic heterocycles. The van der Waals surface area contributed by atoms with Crippen LogP contribution in [-0.2, 0) is 27.5 Å². The number of carbonyl (C=O) groups is 2. The van der Waals surface area contributed by atoms with Crippen LogP contribution in [0.15, 0.2) is 29.2 Å². The Bertz CT molecular complexity index is 1540. The van der Waals surface area contributed by atoms with Crippen molar-refractivity contribution in [1.82, 2.24) is 14.6 Å². The molecule has 9 nitrogen and oxygen atoms in total. The number of hydrogen-bond donors (Lipinski definition) is 3. The monoisotopic (exact) mass is 606 g/mol. The largest absolute Gasteiger partial charge is 0.481 e. The molecule has 0 radical (unpaired) electrons. The van der Waals surface area contributed by atoms with Crippen molar-refractivity contribution in [3.8, 4) is 17.3 Å². The Hall–Kier alpha value is -3.37. The number of sulfonamides is 1. The van der Waals surface area contributed by atoms with Crippen molar-refractivity contribution < 1.29 is 36.3 Å². The molecule has 0 spiro atoms. The van der Waals surface area contributed by atoms with Crippen LogP contribution < -0.4 is 10.0 Å². The highest BCUT2D eigenvalue weighted by Gasteiger charge is 2.48. The average Bonchev–Trinajstić information content (AvgIpc) is 3.60. The number of hydrogen-bond acceptors (Lipinski definition) is 5. The van der Waals surface area contributed by atoms with Crippen LogP contribution in [0.4, 0.5) is 13.2 Å². The van der Waals surface area contributed by atoms with Crippen LogP contribution in [0.5, 0.6) is 0 Å². The molecule has 3 saturated carbocycles. The first-order chi connectivity index (χ1) is 19.7. The number of carboxylic acid groups (broad SMARTS) is 1. The molecule has 1 aromatic carbocycles. The van der Waals surface area contributed by atoms with E-state index in [-0.39, 0.29) is 35.9 Å². The first-order valence-electron chi connectivity index (χ1n) is 14.1. The van der Waals surface area contributed by atoms with Crippen LogP contribution in [0.3, 0.4) is 0 Å². The van der Waals surface area contributed by atoms with Crippen molar-refractivity contribution >= 4 is 21.9 Å². The van der Waals surface area contributed by atoms with Crippen LogP contribution in [0.25, 0.3) is 11.3 Å². The average molecular weight is 607 g/mol. The summed E-state index contributed by atoms with van der Waals surface area (Å²) in [4.78, 5) is 23.4. The molecule has 1 heterocycles. The van der Waals surface area contributed by atoms with Gasteiger partial charge in [-0.25, -0.2) is 8.42 Å². The lowest BCUT2D eigenvalue weighted by molar-refractivity contribution is -0.145. The SMILES string of the molecule is Cc1c(C(=O)N[C@H]2C[C@H](C(=O)O)C2)cc(-c2ccc(S(=O)(=O)NC3(C#N)CC3)c(C(F)(F)F)c2)n1CC1CCCCC1. The maximum atomic E-state index is 14.3. The van der Waals surface area contributed by atoms with Gasteiger partial charge in [-0.05, 0) is 75.1 Å². The number of halogens is 3. The van der Waals surface area contributed by atoms with E-state index >= 15 is 0 Å². The zero-order chi connectivity index (χ0) is 30.4. The van der Waals surface area contributed by atoms with Crippen LogP contribution in [0.1, 0.15) is 79.4 Å². The van der Waals surface area contributed by atoms with Crippen molar-refractivity contribution in [3.63, 3.8) is 0 Å². The van der Waals surface area contributed by atoms with Crippen LogP contribution in [-0.4, -0.2) is 41.5 Å². The lowest BCUT2D eigenvalue weighted by atomic mass is 9.80. The van der Waals surface area contributed by atoms with Gasteiger partial charge in [0.15, 0.2) is 0 Å². The maximum Gasteiger partial charge on any atom is 0.417 e. The first-order valence-corrected chi connectivity index (χ1v) is 15.6. The van der Waals surface area contributed by atoms with Crippen molar-refractivity contribution in [2.24, 2.45) is 11.8 Å². The second-order valence-corrected chi connectivity index (χ2v) is 13.5. The normalized spacial score (nSPS) is 22.2. The second-order valence-electron chi connectivity index (χ2n) is 11.8. The summed E-state index contributed by atoms with van der Waals surface area (Å²) < 4.78 is 72.8. The highest BCUT2D eigenvalue weighted by Crippen LogP contribution is 2.41. The lowest BCUT2D eigenvalue weighted by Crippen LogP contribution is -2.46. The predicted molar refractivity (Wildman–Crippen MR) is 146 cm³/mol. The van der Waals surface area contributed by atoms with Gasteiger partial charge in [0, 0.05) is 24.0 Å². The predicted octanol–water partition coefficient (Wildman–Crippen LogP) is 4.99. The number of carboxylic acids is 1. The van der Waals surface area contributed by atoms with Crippen LogP contribution >= 0.6 is 0 Å². The minimum absolute atomic E-state index is 0.107. The van der Waals surface area contributed by atoms with Crippen molar-refractivity contribution in [1.29, 1.82) is 5.26 Å². The number of nitrogens with one attached hydrogen (secondary N) is 2. The molecule has 0 bridgehead atoms. The van der Waals surface area contributed by atoms with Crippen molar-refractivity contribution in [2.75, 3.05) is 0 Å². The molecular formula is C29H33F3N4O5S. The minimum Gasteiger partial charge on any atom is -0.481 e. The number of carbonyl (C=O) groups excluding carboxylic acids is 1. The summed E-state index contributed by atoms with van der Waals surface area (Å²) in [7, 11) is -4.66. The Labute approximate surface area is 242 Å². The van der Waals surface area contributed by atoms with Crippen molar-refractivity contribution in [3.05, 3.63) is 41.1 Å². The number of rotatable bonds is 9. The molecule has 1 aromatic heterocycles. The molecule has 2 aromatic rings. The van der Waals surface area contributed by atoms with E-state index in [1.54, 1.807) is 6.92 Å². The van der Waals surface area contributed by atoms with E-state index in [4.69, 9.17) is 5.11 Å². The van der Waals surface area contributed by atoms with E-state index in [9.17, 15) is 36.4 Å². The molecule has 3 fully saturated rings. The fourth-order valence-electron chi connectivity index (χ4n) is 6.00. The summed E-state index contributed by atoms with van der Waals surface area (Å²) in [6, 6.07) is 6.04. The number of alkyl halides is 3. The molecule has 0 saturated heterocycles. The molecule has 3 aliphatic carbocycles. The summed E-state index contributed by atoms with van der Waals surface area (Å²) in [6.07, 6.45) is 1.16. The number of nitriles is 1. The molecular weight excluding hydrogens is 573 g/mol. The van der Waals surface area contributed by atoms with Crippen molar-refractivity contribution in [2.45, 2.75) is 93.9 Å². The van der Waals surface area contributed by atoms with E-state index in [1.807, 2.05) is 10.6 Å². The van der Waals surface area contributed by atoms with Gasteiger partial charge >= 0.3 is 12.1 Å². The molecule has 13 heteroatoms. The summed E-state index contributed by atoms with van der Waals surface area (Å²) in [6.45, 7) is 2.22. The Morgan fingerprint density at radius 1 is 1.14 bits per heavy atom. The van der Waals surface area contributed by atoms with Gasteiger partial charge in [-0.3, -0.25) is 9.59 Å². The lowest BCUT2D eigenvalue weighted by Gasteiger charge is -2.32. The molecule has 42 heavy (non-hydrogen) atoms. The quantitative estimate of drug-likeness (QED) is 0.367. The zero-order valence-corrected chi connectivity index (χ0v) is 23.9. The van der Waals surface area contributed by atoms with Gasteiger partial charge in [-0.2, -0.15) is 23.2 Å². The molecule has 0 unspecified atom stereocenters. The van der Waals surface area contributed by atoms with E-state index < -0.39 is 50.0 Å². The van der Waals surface area contributed by atoms with Crippen LogP contribution in [0, 0.1) is 30.1 Å². The van der Waals surface area contributed by atoms with E-state index in [1.165, 1.54) is 12.1 Å². The topological polar surface area (TPSA) is 141 Å². The second kappa shape index (κ2) is 11.0. The Balaban J connectivity index is 1.52.